The molecule has 0 aliphatic rings. The summed E-state index contributed by atoms with van der Waals surface area (Å²) < 4.78 is 10.5. The second-order valence-electron chi connectivity index (χ2n) is 6.22. The van der Waals surface area contributed by atoms with Gasteiger partial charge in [-0.1, -0.05) is 58.0 Å². The predicted molar refractivity (Wildman–Crippen MR) is 85.0 cm³/mol. The molecule has 1 unspecified atom stereocenters. The van der Waals surface area contributed by atoms with Crippen LogP contribution >= 0.6 is 0 Å². The number of ether oxygens (including phenoxy) is 2. The Bertz CT molecular complexity index is 465. The lowest BCUT2D eigenvalue weighted by Crippen LogP contribution is -2.26. The Morgan fingerprint density at radius 3 is 2.18 bits per heavy atom. The summed E-state index contributed by atoms with van der Waals surface area (Å²) >= 11 is 0. The van der Waals surface area contributed by atoms with E-state index in [-0.39, 0.29) is 36.8 Å². The van der Waals surface area contributed by atoms with E-state index in [2.05, 4.69) is 0 Å². The van der Waals surface area contributed by atoms with Gasteiger partial charge in [-0.15, -0.1) is 0 Å². The van der Waals surface area contributed by atoms with Gasteiger partial charge >= 0.3 is 11.9 Å². The molecule has 0 fully saturated rings. The first-order valence-electron chi connectivity index (χ1n) is 7.76. The molecule has 1 aromatic carbocycles. The number of rotatable bonds is 8. The van der Waals surface area contributed by atoms with Crippen LogP contribution in [0.5, 0.6) is 0 Å². The average molecular weight is 306 g/mol. The molecule has 0 N–H and O–H groups in total. The summed E-state index contributed by atoms with van der Waals surface area (Å²) in [5, 5.41) is 0. The maximum Gasteiger partial charge on any atom is 0.310 e. The molecule has 122 valence electrons. The maximum absolute atomic E-state index is 12.2. The summed E-state index contributed by atoms with van der Waals surface area (Å²) in [6.45, 7) is 8.36. The predicted octanol–water partition coefficient (Wildman–Crippen LogP) is 3.59. The molecular weight excluding hydrogens is 280 g/mol. The highest BCUT2D eigenvalue weighted by atomic mass is 16.5. The summed E-state index contributed by atoms with van der Waals surface area (Å²) in [5.74, 6) is -0.853. The van der Waals surface area contributed by atoms with Gasteiger partial charge in [0, 0.05) is 0 Å². The minimum Gasteiger partial charge on any atom is -0.465 e. The van der Waals surface area contributed by atoms with E-state index in [4.69, 9.17) is 9.47 Å². The first kappa shape index (κ1) is 18.2. The molecule has 0 aromatic heterocycles. The van der Waals surface area contributed by atoms with Crippen LogP contribution in [0, 0.1) is 17.8 Å². The van der Waals surface area contributed by atoms with E-state index in [0.29, 0.717) is 6.61 Å². The third-order valence-electron chi connectivity index (χ3n) is 3.30. The van der Waals surface area contributed by atoms with Crippen molar-refractivity contribution in [3.63, 3.8) is 0 Å². The Kier molecular flexibility index (Phi) is 7.64. The van der Waals surface area contributed by atoms with E-state index in [9.17, 15) is 9.59 Å². The normalized spacial score (nSPS) is 12.3. The first-order valence-corrected chi connectivity index (χ1v) is 7.76. The molecule has 22 heavy (non-hydrogen) atoms. The topological polar surface area (TPSA) is 52.6 Å². The van der Waals surface area contributed by atoms with Gasteiger partial charge in [-0.05, 0) is 17.4 Å². The fourth-order valence-electron chi connectivity index (χ4n) is 1.93. The average Bonchev–Trinajstić information content (AvgIpc) is 2.49. The number of esters is 2. The Morgan fingerprint density at radius 2 is 1.64 bits per heavy atom. The lowest BCUT2D eigenvalue weighted by molar-refractivity contribution is -0.158. The van der Waals surface area contributed by atoms with Gasteiger partial charge < -0.3 is 9.47 Å². The zero-order valence-electron chi connectivity index (χ0n) is 13.9. The minimum atomic E-state index is -0.469. The first-order chi connectivity index (χ1) is 10.4. The smallest absolute Gasteiger partial charge is 0.310 e. The fourth-order valence-corrected chi connectivity index (χ4v) is 1.93. The standard InChI is InChI=1S/C18H26O4/c1-13(2)11-21-17(19)10-16(14(3)4)18(20)22-12-15-8-6-5-7-9-15/h5-9,13-14,16H,10-12H2,1-4H3. The van der Waals surface area contributed by atoms with Crippen molar-refractivity contribution >= 4 is 11.9 Å². The van der Waals surface area contributed by atoms with E-state index >= 15 is 0 Å². The summed E-state index contributed by atoms with van der Waals surface area (Å²) in [5.41, 5.74) is 0.931. The third-order valence-corrected chi connectivity index (χ3v) is 3.30. The summed E-state index contributed by atoms with van der Waals surface area (Å²) in [6, 6.07) is 9.49. The van der Waals surface area contributed by atoms with E-state index in [1.165, 1.54) is 0 Å². The molecule has 0 amide bonds. The van der Waals surface area contributed by atoms with E-state index in [1.807, 2.05) is 58.0 Å². The molecule has 1 atom stereocenters. The Hall–Kier alpha value is -1.84. The van der Waals surface area contributed by atoms with Crippen molar-refractivity contribution in [3.8, 4) is 0 Å². The Morgan fingerprint density at radius 1 is 1.00 bits per heavy atom. The largest absolute Gasteiger partial charge is 0.465 e. The van der Waals surface area contributed by atoms with Gasteiger partial charge in [0.2, 0.25) is 0 Å². The van der Waals surface area contributed by atoms with E-state index < -0.39 is 5.92 Å². The van der Waals surface area contributed by atoms with Crippen LogP contribution in [0.4, 0.5) is 0 Å². The van der Waals surface area contributed by atoms with Crippen LogP contribution in [0.25, 0.3) is 0 Å². The van der Waals surface area contributed by atoms with Gasteiger partial charge in [0.05, 0.1) is 18.9 Å². The van der Waals surface area contributed by atoms with Crippen molar-refractivity contribution in [2.45, 2.75) is 40.7 Å². The van der Waals surface area contributed by atoms with Crippen LogP contribution in [0.1, 0.15) is 39.7 Å². The van der Waals surface area contributed by atoms with Gasteiger partial charge in [-0.2, -0.15) is 0 Å². The molecule has 1 rings (SSSR count). The van der Waals surface area contributed by atoms with Crippen LogP contribution < -0.4 is 0 Å². The van der Waals surface area contributed by atoms with Gasteiger partial charge in [0.25, 0.3) is 0 Å². The number of benzene rings is 1. The molecule has 0 aliphatic heterocycles. The fraction of sp³-hybridized carbons (Fsp3) is 0.556. The highest BCUT2D eigenvalue weighted by Crippen LogP contribution is 2.19. The van der Waals surface area contributed by atoms with Crippen LogP contribution in [-0.2, 0) is 25.7 Å². The second kappa shape index (κ2) is 9.23. The summed E-state index contributed by atoms with van der Waals surface area (Å²) in [7, 11) is 0. The molecule has 0 aliphatic carbocycles. The summed E-state index contributed by atoms with van der Waals surface area (Å²) in [6.07, 6.45) is 0.0675. The van der Waals surface area contributed by atoms with Gasteiger partial charge in [0.1, 0.15) is 6.61 Å². The monoisotopic (exact) mass is 306 g/mol. The highest BCUT2D eigenvalue weighted by Gasteiger charge is 2.27. The van der Waals surface area contributed by atoms with Crippen LogP contribution in [0.2, 0.25) is 0 Å². The SMILES string of the molecule is CC(C)COC(=O)CC(C(=O)OCc1ccccc1)C(C)C. The van der Waals surface area contributed by atoms with Crippen LogP contribution in [0.15, 0.2) is 30.3 Å². The van der Waals surface area contributed by atoms with Gasteiger partial charge in [-0.3, -0.25) is 9.59 Å². The molecule has 4 heteroatoms. The second-order valence-corrected chi connectivity index (χ2v) is 6.22. The van der Waals surface area contributed by atoms with Crippen molar-refractivity contribution in [2.24, 2.45) is 17.8 Å². The quantitative estimate of drug-likeness (QED) is 0.689. The number of carbonyl (C=O) groups excluding carboxylic acids is 2. The zero-order valence-corrected chi connectivity index (χ0v) is 13.9. The van der Waals surface area contributed by atoms with Crippen molar-refractivity contribution in [1.82, 2.24) is 0 Å². The molecule has 1 aromatic rings. The molecule has 0 heterocycles. The van der Waals surface area contributed by atoms with Gasteiger partial charge in [-0.25, -0.2) is 0 Å². The molecule has 0 radical (unpaired) electrons. The number of hydrogen-bond acceptors (Lipinski definition) is 4. The van der Waals surface area contributed by atoms with Crippen LogP contribution in [-0.4, -0.2) is 18.5 Å². The minimum absolute atomic E-state index is 0.0230. The third kappa shape index (κ3) is 6.74. The molecule has 0 spiro atoms. The lowest BCUT2D eigenvalue weighted by atomic mass is 9.92. The van der Waals surface area contributed by atoms with E-state index in [1.54, 1.807) is 0 Å². The number of carbonyl (C=O) groups is 2. The lowest BCUT2D eigenvalue weighted by Gasteiger charge is -2.19. The highest BCUT2D eigenvalue weighted by molar-refractivity contribution is 5.80. The molecular formula is C18H26O4. The maximum atomic E-state index is 12.2. The zero-order chi connectivity index (χ0) is 16.5. The Balaban J connectivity index is 2.51. The molecule has 0 saturated carbocycles. The Labute approximate surface area is 132 Å². The molecule has 0 bridgehead atoms. The van der Waals surface area contributed by atoms with Crippen molar-refractivity contribution < 1.29 is 19.1 Å². The van der Waals surface area contributed by atoms with Crippen molar-refractivity contribution in [2.75, 3.05) is 6.61 Å². The van der Waals surface area contributed by atoms with Crippen LogP contribution in [0.3, 0.4) is 0 Å². The summed E-state index contributed by atoms with van der Waals surface area (Å²) in [4.78, 5) is 24.0. The van der Waals surface area contributed by atoms with Gasteiger partial charge in [0.15, 0.2) is 0 Å². The molecule has 4 nitrogen and oxygen atoms in total. The van der Waals surface area contributed by atoms with E-state index in [0.717, 1.165) is 5.56 Å². The molecule has 0 saturated heterocycles. The van der Waals surface area contributed by atoms with Crippen molar-refractivity contribution in [3.05, 3.63) is 35.9 Å². The van der Waals surface area contributed by atoms with Crippen molar-refractivity contribution in [1.29, 1.82) is 0 Å². The number of hydrogen-bond donors (Lipinski definition) is 0.